The molecule has 0 radical (unpaired) electrons. The van der Waals surface area contributed by atoms with E-state index in [-0.39, 0.29) is 31.2 Å². The second kappa shape index (κ2) is 12.6. The number of urea groups is 1. The summed E-state index contributed by atoms with van der Waals surface area (Å²) in [5.41, 5.74) is 0.645. The van der Waals surface area contributed by atoms with Crippen molar-refractivity contribution in [3.8, 4) is 5.75 Å². The van der Waals surface area contributed by atoms with E-state index in [0.29, 0.717) is 48.8 Å². The number of carbonyl (C=O) groups is 3. The molecule has 4 rings (SSSR count). The molecule has 1 unspecified atom stereocenters. The molecule has 12 heteroatoms. The Bertz CT molecular complexity index is 1290. The number of nitrogens with one attached hydrogen (secondary N) is 1. The van der Waals surface area contributed by atoms with Crippen molar-refractivity contribution in [3.05, 3.63) is 76.5 Å². The number of esters is 1. The van der Waals surface area contributed by atoms with Crippen molar-refractivity contribution in [2.45, 2.75) is 26.1 Å². The molecule has 1 atom stereocenters. The molecule has 0 aromatic heterocycles. The SMILES string of the molecule is CCOC(=O)C1=C(CN2CCN(C(=O)c3ccc(OC)cc3)CC2)N(CC)C(=O)NC1c1ccc(C(F)(F)F)cc1. The van der Waals surface area contributed by atoms with E-state index in [4.69, 9.17) is 9.47 Å². The Morgan fingerprint density at radius 3 is 2.15 bits per heavy atom. The van der Waals surface area contributed by atoms with Crippen LogP contribution in [0.25, 0.3) is 0 Å². The van der Waals surface area contributed by atoms with Gasteiger partial charge in [-0.05, 0) is 55.8 Å². The third kappa shape index (κ3) is 6.64. The summed E-state index contributed by atoms with van der Waals surface area (Å²) in [4.78, 5) is 44.6. The van der Waals surface area contributed by atoms with E-state index in [0.717, 1.165) is 12.1 Å². The van der Waals surface area contributed by atoms with Gasteiger partial charge in [0.1, 0.15) is 5.75 Å². The fraction of sp³-hybridized carbons (Fsp3) is 0.414. The maximum Gasteiger partial charge on any atom is 0.416 e. The second-order valence-electron chi connectivity index (χ2n) is 9.62. The molecule has 1 N–H and O–H groups in total. The maximum atomic E-state index is 13.3. The van der Waals surface area contributed by atoms with Crippen LogP contribution in [-0.4, -0.2) is 85.6 Å². The Kier molecular flexibility index (Phi) is 9.21. The number of likely N-dealkylation sites (N-methyl/N-ethyl adjacent to an activating group) is 1. The van der Waals surface area contributed by atoms with Crippen LogP contribution in [0.5, 0.6) is 5.75 Å². The zero-order valence-electron chi connectivity index (χ0n) is 23.2. The van der Waals surface area contributed by atoms with Crippen molar-refractivity contribution in [3.63, 3.8) is 0 Å². The molecule has 9 nitrogen and oxygen atoms in total. The van der Waals surface area contributed by atoms with Crippen LogP contribution in [0.2, 0.25) is 0 Å². The summed E-state index contributed by atoms with van der Waals surface area (Å²) in [6.45, 7) is 5.85. The number of piperazine rings is 1. The van der Waals surface area contributed by atoms with Crippen LogP contribution in [0.1, 0.15) is 41.4 Å². The lowest BCUT2D eigenvalue weighted by atomic mass is 9.93. The molecule has 1 fully saturated rings. The number of benzene rings is 2. The van der Waals surface area contributed by atoms with E-state index in [2.05, 4.69) is 5.32 Å². The van der Waals surface area contributed by atoms with Crippen LogP contribution < -0.4 is 10.1 Å². The zero-order valence-corrected chi connectivity index (χ0v) is 23.2. The maximum absolute atomic E-state index is 13.3. The third-order valence-electron chi connectivity index (χ3n) is 7.19. The number of amides is 3. The molecule has 0 aliphatic carbocycles. The van der Waals surface area contributed by atoms with Crippen LogP contribution in [-0.2, 0) is 15.7 Å². The highest BCUT2D eigenvalue weighted by atomic mass is 19.4. The fourth-order valence-electron chi connectivity index (χ4n) is 5.01. The van der Waals surface area contributed by atoms with E-state index in [1.54, 1.807) is 50.1 Å². The minimum absolute atomic E-state index is 0.0849. The number of hydrogen-bond acceptors (Lipinski definition) is 6. The smallest absolute Gasteiger partial charge is 0.416 e. The topological polar surface area (TPSA) is 91.4 Å². The zero-order chi connectivity index (χ0) is 29.7. The van der Waals surface area contributed by atoms with Crippen LogP contribution in [0.3, 0.4) is 0 Å². The van der Waals surface area contributed by atoms with Crippen LogP contribution in [0.4, 0.5) is 18.0 Å². The average molecular weight is 575 g/mol. The molecule has 2 aliphatic rings. The number of alkyl halides is 3. The normalized spacial score (nSPS) is 18.3. The van der Waals surface area contributed by atoms with E-state index < -0.39 is 29.8 Å². The van der Waals surface area contributed by atoms with Crippen molar-refractivity contribution in [2.75, 3.05) is 53.0 Å². The molecule has 0 spiro atoms. The lowest BCUT2D eigenvalue weighted by molar-refractivity contribution is -0.139. The molecule has 0 bridgehead atoms. The van der Waals surface area contributed by atoms with Gasteiger partial charge in [0, 0.05) is 50.5 Å². The number of nitrogens with zero attached hydrogens (tertiary/aromatic N) is 3. The van der Waals surface area contributed by atoms with Gasteiger partial charge in [-0.3, -0.25) is 14.6 Å². The first-order valence-corrected chi connectivity index (χ1v) is 13.4. The Morgan fingerprint density at radius 2 is 1.61 bits per heavy atom. The fourth-order valence-corrected chi connectivity index (χ4v) is 5.01. The summed E-state index contributed by atoms with van der Waals surface area (Å²) in [5, 5.41) is 2.76. The Balaban J connectivity index is 1.58. The summed E-state index contributed by atoms with van der Waals surface area (Å²) in [7, 11) is 1.56. The summed E-state index contributed by atoms with van der Waals surface area (Å²) in [6.07, 6.45) is -4.52. The number of ether oxygens (including phenoxy) is 2. The molecular weight excluding hydrogens is 541 g/mol. The van der Waals surface area contributed by atoms with Gasteiger partial charge in [-0.15, -0.1) is 0 Å². The quantitative estimate of drug-likeness (QED) is 0.478. The summed E-state index contributed by atoms with van der Waals surface area (Å²) < 4.78 is 50.0. The van der Waals surface area contributed by atoms with Crippen molar-refractivity contribution < 1.29 is 37.0 Å². The van der Waals surface area contributed by atoms with Crippen molar-refractivity contribution in [1.82, 2.24) is 20.0 Å². The molecule has 2 aliphatic heterocycles. The van der Waals surface area contributed by atoms with Crippen LogP contribution in [0, 0.1) is 0 Å². The molecule has 2 aromatic carbocycles. The minimum atomic E-state index is -4.52. The van der Waals surface area contributed by atoms with E-state index in [9.17, 15) is 27.6 Å². The predicted octanol–water partition coefficient (Wildman–Crippen LogP) is 4.08. The molecule has 1 saturated heterocycles. The highest BCUT2D eigenvalue weighted by Gasteiger charge is 2.39. The van der Waals surface area contributed by atoms with Crippen LogP contribution in [0.15, 0.2) is 59.8 Å². The first-order chi connectivity index (χ1) is 19.6. The Morgan fingerprint density at radius 1 is 0.976 bits per heavy atom. The molecule has 2 aromatic rings. The van der Waals surface area contributed by atoms with Crippen molar-refractivity contribution in [2.24, 2.45) is 0 Å². The predicted molar refractivity (Wildman–Crippen MR) is 144 cm³/mol. The Labute approximate surface area is 236 Å². The lowest BCUT2D eigenvalue weighted by Gasteiger charge is -2.40. The number of hydrogen-bond donors (Lipinski definition) is 1. The van der Waals surface area contributed by atoms with Crippen molar-refractivity contribution >= 4 is 17.9 Å². The summed E-state index contributed by atoms with van der Waals surface area (Å²) >= 11 is 0. The standard InChI is InChI=1S/C29H33F3N4O5/c1-4-36-23(18-34-14-16-35(17-15-34)26(37)20-8-12-22(40-3)13-9-20)24(27(38)41-5-2)25(33-28(36)39)19-6-10-21(11-7-19)29(30,31)32/h6-13,25H,4-5,14-18H2,1-3H3,(H,33,39). The van der Waals surface area contributed by atoms with Gasteiger partial charge in [0.05, 0.1) is 30.9 Å². The molecule has 2 heterocycles. The first-order valence-electron chi connectivity index (χ1n) is 13.4. The second-order valence-corrected chi connectivity index (χ2v) is 9.62. The van der Waals surface area contributed by atoms with Crippen LogP contribution >= 0.6 is 0 Å². The highest BCUT2D eigenvalue weighted by Crippen LogP contribution is 2.35. The molecule has 41 heavy (non-hydrogen) atoms. The van der Waals surface area contributed by atoms with Crippen molar-refractivity contribution in [1.29, 1.82) is 0 Å². The summed E-state index contributed by atoms with van der Waals surface area (Å²) in [5.74, 6) is -0.101. The molecular formula is C29H33F3N4O5. The van der Waals surface area contributed by atoms with Gasteiger partial charge in [-0.2, -0.15) is 13.2 Å². The lowest BCUT2D eigenvalue weighted by Crippen LogP contribution is -2.53. The van der Waals surface area contributed by atoms with E-state index in [1.807, 2.05) is 4.90 Å². The summed E-state index contributed by atoms with van der Waals surface area (Å²) in [6, 6.07) is 9.81. The van der Waals surface area contributed by atoms with E-state index in [1.165, 1.54) is 17.0 Å². The van der Waals surface area contributed by atoms with Gasteiger partial charge in [-0.1, -0.05) is 12.1 Å². The van der Waals surface area contributed by atoms with Gasteiger partial charge >= 0.3 is 18.2 Å². The van der Waals surface area contributed by atoms with Gasteiger partial charge < -0.3 is 19.7 Å². The van der Waals surface area contributed by atoms with Gasteiger partial charge in [-0.25, -0.2) is 9.59 Å². The third-order valence-corrected chi connectivity index (χ3v) is 7.19. The Hall–Kier alpha value is -4.06. The number of halogens is 3. The van der Waals surface area contributed by atoms with Gasteiger partial charge in [0.15, 0.2) is 0 Å². The highest BCUT2D eigenvalue weighted by molar-refractivity contribution is 5.95. The van der Waals surface area contributed by atoms with Gasteiger partial charge in [0.25, 0.3) is 5.91 Å². The minimum Gasteiger partial charge on any atom is -0.497 e. The monoisotopic (exact) mass is 574 g/mol. The number of rotatable bonds is 8. The average Bonchev–Trinajstić information content (AvgIpc) is 2.97. The number of carbonyl (C=O) groups excluding carboxylic acids is 3. The molecule has 0 saturated carbocycles. The molecule has 220 valence electrons. The molecule has 3 amide bonds. The number of methoxy groups -OCH3 is 1. The largest absolute Gasteiger partial charge is 0.497 e. The van der Waals surface area contributed by atoms with E-state index >= 15 is 0 Å². The van der Waals surface area contributed by atoms with Gasteiger partial charge in [0.2, 0.25) is 0 Å². The first kappa shape index (κ1) is 29.9.